The summed E-state index contributed by atoms with van der Waals surface area (Å²) in [6.07, 6.45) is 1.78. The van der Waals surface area contributed by atoms with Gasteiger partial charge in [0.05, 0.1) is 0 Å². The summed E-state index contributed by atoms with van der Waals surface area (Å²) in [5, 5.41) is 9.27. The molecule has 19 heavy (non-hydrogen) atoms. The largest absolute Gasteiger partial charge is 0.480 e. The van der Waals surface area contributed by atoms with Crippen LogP contribution in [0.3, 0.4) is 0 Å². The van der Waals surface area contributed by atoms with E-state index < -0.39 is 12.0 Å². The number of carbonyl (C=O) groups is 2. The maximum atomic E-state index is 12.5. The van der Waals surface area contributed by atoms with Gasteiger partial charge in [0.2, 0.25) is 0 Å². The van der Waals surface area contributed by atoms with Crippen LogP contribution in [0.4, 0.5) is 4.79 Å². The third-order valence-corrected chi connectivity index (χ3v) is 4.08. The van der Waals surface area contributed by atoms with Gasteiger partial charge < -0.3 is 14.9 Å². The molecule has 0 aromatic heterocycles. The van der Waals surface area contributed by atoms with Gasteiger partial charge in [-0.15, -0.1) is 0 Å². The molecule has 5 nitrogen and oxygen atoms in total. The Hall–Kier alpha value is -1.26. The number of aliphatic carboxylic acids is 1. The van der Waals surface area contributed by atoms with Gasteiger partial charge in [-0.1, -0.05) is 27.2 Å². The lowest BCUT2D eigenvalue weighted by Crippen LogP contribution is -2.50. The van der Waals surface area contributed by atoms with Crippen molar-refractivity contribution in [2.24, 2.45) is 11.8 Å². The van der Waals surface area contributed by atoms with Crippen LogP contribution in [0.15, 0.2) is 0 Å². The maximum Gasteiger partial charge on any atom is 0.326 e. The smallest absolute Gasteiger partial charge is 0.326 e. The highest BCUT2D eigenvalue weighted by Crippen LogP contribution is 2.25. The Kier molecular flexibility index (Phi) is 5.63. The van der Waals surface area contributed by atoms with Crippen molar-refractivity contribution < 1.29 is 14.7 Å². The van der Waals surface area contributed by atoms with Crippen molar-refractivity contribution in [3.63, 3.8) is 0 Å². The molecule has 0 aliphatic carbocycles. The zero-order chi connectivity index (χ0) is 14.6. The molecule has 5 heteroatoms. The number of hydrogen-bond acceptors (Lipinski definition) is 2. The molecule has 1 saturated heterocycles. The zero-order valence-electron chi connectivity index (χ0n) is 12.4. The molecule has 1 N–H and O–H groups in total. The summed E-state index contributed by atoms with van der Waals surface area (Å²) in [5.74, 6) is -0.422. The van der Waals surface area contributed by atoms with E-state index in [2.05, 4.69) is 13.8 Å². The summed E-state index contributed by atoms with van der Waals surface area (Å²) in [7, 11) is 0. The highest BCUT2D eigenvalue weighted by molar-refractivity contribution is 5.83. The van der Waals surface area contributed by atoms with Gasteiger partial charge in [0, 0.05) is 19.6 Å². The SMILES string of the molecule is CCC(C)CN(CC)C(=O)N1CCC(C)C1C(=O)O. The predicted molar refractivity (Wildman–Crippen MR) is 74.0 cm³/mol. The van der Waals surface area contributed by atoms with Crippen molar-refractivity contribution >= 4 is 12.0 Å². The van der Waals surface area contributed by atoms with Crippen molar-refractivity contribution in [3.8, 4) is 0 Å². The van der Waals surface area contributed by atoms with Crippen LogP contribution in [-0.2, 0) is 4.79 Å². The topological polar surface area (TPSA) is 60.9 Å². The summed E-state index contributed by atoms with van der Waals surface area (Å²) < 4.78 is 0. The first-order valence-electron chi connectivity index (χ1n) is 7.20. The van der Waals surface area contributed by atoms with Crippen molar-refractivity contribution in [2.45, 2.75) is 46.6 Å². The molecule has 3 unspecified atom stereocenters. The van der Waals surface area contributed by atoms with Crippen LogP contribution in [-0.4, -0.2) is 52.6 Å². The Balaban J connectivity index is 2.76. The van der Waals surface area contributed by atoms with E-state index in [-0.39, 0.29) is 11.9 Å². The molecule has 1 fully saturated rings. The van der Waals surface area contributed by atoms with Gasteiger partial charge in [0.25, 0.3) is 0 Å². The van der Waals surface area contributed by atoms with Crippen LogP contribution >= 0.6 is 0 Å². The molecule has 0 saturated carbocycles. The monoisotopic (exact) mass is 270 g/mol. The molecule has 0 aromatic rings. The van der Waals surface area contributed by atoms with Gasteiger partial charge in [-0.05, 0) is 25.2 Å². The van der Waals surface area contributed by atoms with E-state index in [1.807, 2.05) is 13.8 Å². The third kappa shape index (κ3) is 3.61. The lowest BCUT2D eigenvalue weighted by molar-refractivity contribution is -0.142. The van der Waals surface area contributed by atoms with Crippen LogP contribution in [0, 0.1) is 11.8 Å². The number of carbonyl (C=O) groups excluding carboxylic acids is 1. The van der Waals surface area contributed by atoms with E-state index in [9.17, 15) is 14.7 Å². The van der Waals surface area contributed by atoms with Crippen LogP contribution in [0.2, 0.25) is 0 Å². The highest BCUT2D eigenvalue weighted by Gasteiger charge is 2.40. The lowest BCUT2D eigenvalue weighted by Gasteiger charge is -2.31. The summed E-state index contributed by atoms with van der Waals surface area (Å²) in [4.78, 5) is 27.1. The van der Waals surface area contributed by atoms with Gasteiger partial charge in [0.15, 0.2) is 0 Å². The zero-order valence-corrected chi connectivity index (χ0v) is 12.4. The molecular formula is C14H26N2O3. The van der Waals surface area contributed by atoms with Crippen LogP contribution < -0.4 is 0 Å². The van der Waals surface area contributed by atoms with Gasteiger partial charge >= 0.3 is 12.0 Å². The molecule has 110 valence electrons. The normalized spacial score (nSPS) is 24.3. The fraction of sp³-hybridized carbons (Fsp3) is 0.857. The number of urea groups is 1. The fourth-order valence-corrected chi connectivity index (χ4v) is 2.57. The number of carboxylic acids is 1. The number of likely N-dealkylation sites (tertiary alicyclic amines) is 1. The first kappa shape index (κ1) is 15.8. The Morgan fingerprint density at radius 1 is 1.42 bits per heavy atom. The fourth-order valence-electron chi connectivity index (χ4n) is 2.57. The third-order valence-electron chi connectivity index (χ3n) is 4.08. The maximum absolute atomic E-state index is 12.5. The second-order valence-corrected chi connectivity index (χ2v) is 5.58. The van der Waals surface area contributed by atoms with Crippen molar-refractivity contribution in [2.75, 3.05) is 19.6 Å². The lowest BCUT2D eigenvalue weighted by atomic mass is 10.0. The van der Waals surface area contributed by atoms with E-state index >= 15 is 0 Å². The number of rotatable bonds is 5. The molecule has 1 heterocycles. The van der Waals surface area contributed by atoms with Gasteiger partial charge in [0.1, 0.15) is 6.04 Å². The Morgan fingerprint density at radius 3 is 2.53 bits per heavy atom. The van der Waals surface area contributed by atoms with Crippen LogP contribution in [0.25, 0.3) is 0 Å². The van der Waals surface area contributed by atoms with Crippen LogP contribution in [0.5, 0.6) is 0 Å². The molecule has 1 aliphatic rings. The second kappa shape index (κ2) is 6.78. The predicted octanol–water partition coefficient (Wildman–Crippen LogP) is 2.27. The summed E-state index contributed by atoms with van der Waals surface area (Å²) >= 11 is 0. The average Bonchev–Trinajstić information content (AvgIpc) is 2.76. The molecule has 2 amide bonds. The van der Waals surface area contributed by atoms with Gasteiger partial charge in [-0.25, -0.2) is 9.59 Å². The van der Waals surface area contributed by atoms with E-state index in [1.54, 1.807) is 4.90 Å². The van der Waals surface area contributed by atoms with Gasteiger partial charge in [-0.3, -0.25) is 0 Å². The number of nitrogens with zero attached hydrogens (tertiary/aromatic N) is 2. The van der Waals surface area contributed by atoms with Crippen molar-refractivity contribution in [1.29, 1.82) is 0 Å². The van der Waals surface area contributed by atoms with Crippen molar-refractivity contribution in [1.82, 2.24) is 9.80 Å². The minimum atomic E-state index is -0.891. The Bertz CT molecular complexity index is 333. The molecule has 3 atom stereocenters. The molecule has 0 spiro atoms. The molecule has 1 aliphatic heterocycles. The van der Waals surface area contributed by atoms with E-state index in [0.717, 1.165) is 12.8 Å². The molecule has 0 aromatic carbocycles. The number of amides is 2. The van der Waals surface area contributed by atoms with E-state index in [1.165, 1.54) is 4.90 Å². The van der Waals surface area contributed by atoms with E-state index in [4.69, 9.17) is 0 Å². The number of carboxylic acid groups (broad SMARTS) is 1. The highest BCUT2D eigenvalue weighted by atomic mass is 16.4. The quantitative estimate of drug-likeness (QED) is 0.833. The van der Waals surface area contributed by atoms with Gasteiger partial charge in [-0.2, -0.15) is 0 Å². The minimum Gasteiger partial charge on any atom is -0.480 e. The molecule has 0 bridgehead atoms. The Morgan fingerprint density at radius 2 is 2.05 bits per heavy atom. The standard InChI is InChI=1S/C14H26N2O3/c1-5-10(3)9-15(6-2)14(19)16-8-7-11(4)12(16)13(17)18/h10-12H,5-9H2,1-4H3,(H,17,18). The van der Waals surface area contributed by atoms with Crippen molar-refractivity contribution in [3.05, 3.63) is 0 Å². The molecule has 1 rings (SSSR count). The van der Waals surface area contributed by atoms with Crippen LogP contribution in [0.1, 0.15) is 40.5 Å². The first-order valence-corrected chi connectivity index (χ1v) is 7.20. The number of hydrogen-bond donors (Lipinski definition) is 1. The molecular weight excluding hydrogens is 244 g/mol. The summed E-state index contributed by atoms with van der Waals surface area (Å²) in [5.41, 5.74) is 0. The summed E-state index contributed by atoms with van der Waals surface area (Å²) in [6, 6.07) is -0.793. The Labute approximate surface area is 115 Å². The minimum absolute atomic E-state index is 0.0313. The summed E-state index contributed by atoms with van der Waals surface area (Å²) in [6.45, 7) is 9.92. The second-order valence-electron chi connectivity index (χ2n) is 5.58. The van der Waals surface area contributed by atoms with E-state index in [0.29, 0.717) is 25.6 Å². The first-order chi connectivity index (χ1) is 8.92. The average molecular weight is 270 g/mol. The molecule has 0 radical (unpaired) electrons.